The van der Waals surface area contributed by atoms with Gasteiger partial charge in [-0.1, -0.05) is 57.9 Å². The van der Waals surface area contributed by atoms with E-state index < -0.39 is 29.6 Å². The topological polar surface area (TPSA) is 77.0 Å². The number of aliphatic hydroxyl groups excluding tert-OH is 1. The Labute approximate surface area is 192 Å². The molecule has 2 N–H and O–H groups in total. The molecule has 1 heterocycles. The molecule has 178 valence electrons. The highest BCUT2D eigenvalue weighted by atomic mass is 16.7. The summed E-state index contributed by atoms with van der Waals surface area (Å²) in [6.45, 7) is 14.8. The Hall–Kier alpha value is -1.89. The van der Waals surface area contributed by atoms with Gasteiger partial charge in [0.15, 0.2) is 0 Å². The number of rotatable bonds is 7. The van der Waals surface area contributed by atoms with Crippen molar-refractivity contribution in [3.8, 4) is 0 Å². The number of carbonyl (C=O) groups is 1. The number of alkyl carbamates (subject to hydrolysis) is 1. The first-order chi connectivity index (χ1) is 14.9. The van der Waals surface area contributed by atoms with Crippen LogP contribution in [0.1, 0.15) is 71.9 Å². The van der Waals surface area contributed by atoms with E-state index in [1.54, 1.807) is 0 Å². The molecule has 1 aromatic rings. The smallest absolute Gasteiger partial charge is 0.407 e. The predicted molar refractivity (Wildman–Crippen MR) is 125 cm³/mol. The number of nitrogens with one attached hydrogen (secondary N) is 1. The molecule has 2 atom stereocenters. The highest BCUT2D eigenvalue weighted by Crippen LogP contribution is 2.59. The van der Waals surface area contributed by atoms with Crippen LogP contribution >= 0.6 is 0 Å². The molecule has 1 unspecified atom stereocenters. The number of hydrogen-bond donors (Lipinski definition) is 2. The molecule has 1 aromatic carbocycles. The summed E-state index contributed by atoms with van der Waals surface area (Å²) in [5, 5.41) is 14.4. The Bertz CT molecular complexity index is 857. The van der Waals surface area contributed by atoms with Crippen molar-refractivity contribution in [2.24, 2.45) is 5.41 Å². The summed E-state index contributed by atoms with van der Waals surface area (Å²) in [5.74, 6) is -1.03. The van der Waals surface area contributed by atoms with Crippen LogP contribution in [0.4, 0.5) is 4.79 Å². The summed E-state index contributed by atoms with van der Waals surface area (Å²) >= 11 is 0. The van der Waals surface area contributed by atoms with Gasteiger partial charge in [-0.3, -0.25) is 0 Å². The molecule has 3 rings (SSSR count). The average Bonchev–Trinajstić information content (AvgIpc) is 3.34. The highest BCUT2D eigenvalue weighted by Gasteiger charge is 2.63. The molecule has 32 heavy (non-hydrogen) atoms. The number of amides is 1. The molecule has 0 saturated carbocycles. The zero-order valence-electron chi connectivity index (χ0n) is 20.6. The van der Waals surface area contributed by atoms with Crippen LogP contribution in [0.2, 0.25) is 0 Å². The molecule has 1 spiro atoms. The highest BCUT2D eigenvalue weighted by molar-refractivity contribution is 5.93. The van der Waals surface area contributed by atoms with E-state index in [1.807, 2.05) is 52.0 Å². The van der Waals surface area contributed by atoms with Crippen LogP contribution < -0.4 is 5.32 Å². The number of hydrogen-bond acceptors (Lipinski definition) is 5. The van der Waals surface area contributed by atoms with Crippen molar-refractivity contribution in [1.29, 1.82) is 0 Å². The number of carbonyl (C=O) groups excluding carboxylic acids is 1. The minimum absolute atomic E-state index is 0.100. The first-order valence-electron chi connectivity index (χ1n) is 11.7. The van der Waals surface area contributed by atoms with E-state index in [0.717, 1.165) is 29.5 Å². The Morgan fingerprint density at radius 3 is 2.41 bits per heavy atom. The van der Waals surface area contributed by atoms with Crippen molar-refractivity contribution >= 4 is 11.7 Å². The molecule has 6 heteroatoms. The lowest BCUT2D eigenvalue weighted by molar-refractivity contribution is -0.230. The lowest BCUT2D eigenvalue weighted by Gasteiger charge is -2.38. The summed E-state index contributed by atoms with van der Waals surface area (Å²) in [7, 11) is 0. The largest absolute Gasteiger partial charge is 0.444 e. The summed E-state index contributed by atoms with van der Waals surface area (Å²) in [4.78, 5) is 12.5. The van der Waals surface area contributed by atoms with Crippen molar-refractivity contribution in [3.63, 3.8) is 0 Å². The van der Waals surface area contributed by atoms with Crippen LogP contribution in [0.5, 0.6) is 0 Å². The van der Waals surface area contributed by atoms with Gasteiger partial charge in [-0.25, -0.2) is 4.79 Å². The van der Waals surface area contributed by atoms with Crippen molar-refractivity contribution in [2.75, 3.05) is 13.2 Å². The zero-order valence-corrected chi connectivity index (χ0v) is 20.6. The third-order valence-electron chi connectivity index (χ3n) is 5.88. The minimum atomic E-state index is -1.03. The Kier molecular flexibility index (Phi) is 7.08. The quantitative estimate of drug-likeness (QED) is 0.619. The van der Waals surface area contributed by atoms with Gasteiger partial charge < -0.3 is 24.6 Å². The minimum Gasteiger partial charge on any atom is -0.444 e. The summed E-state index contributed by atoms with van der Waals surface area (Å²) in [6.07, 6.45) is 0.978. The van der Waals surface area contributed by atoms with Crippen molar-refractivity contribution < 1.29 is 24.1 Å². The fraction of sp³-hybridized carbons (Fsp3) is 0.654. The molecule has 0 radical (unpaired) electrons. The first kappa shape index (κ1) is 24.7. The normalized spacial score (nSPS) is 21.2. The Balaban J connectivity index is 1.91. The third kappa shape index (κ3) is 5.36. The summed E-state index contributed by atoms with van der Waals surface area (Å²) < 4.78 is 18.0. The maximum absolute atomic E-state index is 12.5. The molecular formula is C26H39NO5. The van der Waals surface area contributed by atoms with Crippen LogP contribution in [0.15, 0.2) is 29.8 Å². The van der Waals surface area contributed by atoms with Crippen LogP contribution in [0, 0.1) is 12.3 Å². The van der Waals surface area contributed by atoms with E-state index in [2.05, 4.69) is 26.1 Å². The maximum Gasteiger partial charge on any atom is 0.407 e. The molecule has 0 aromatic heterocycles. The summed E-state index contributed by atoms with van der Waals surface area (Å²) in [5.41, 5.74) is 2.97. The molecule has 1 saturated heterocycles. The van der Waals surface area contributed by atoms with Gasteiger partial charge in [0.05, 0.1) is 19.3 Å². The van der Waals surface area contributed by atoms with Crippen LogP contribution in [0.3, 0.4) is 0 Å². The molecular weight excluding hydrogens is 406 g/mol. The second-order valence-corrected chi connectivity index (χ2v) is 10.8. The first-order valence-corrected chi connectivity index (χ1v) is 11.7. The van der Waals surface area contributed by atoms with E-state index in [0.29, 0.717) is 25.2 Å². The van der Waals surface area contributed by atoms with Gasteiger partial charge in [0.1, 0.15) is 11.7 Å². The van der Waals surface area contributed by atoms with Crippen molar-refractivity contribution in [1.82, 2.24) is 5.32 Å². The molecule has 1 aliphatic heterocycles. The van der Waals surface area contributed by atoms with Crippen LogP contribution in [-0.2, 0) is 14.2 Å². The standard InChI is InChI=1S/C26H39NO5/c1-8-9-14-19(27-23(29)32-24(3,4)5)22(28)21-20(18-13-11-10-12-17(18)2)26(21)30-15-25(6,7)16-31-26/h10-13,19,22,28H,8-9,14-16H2,1-7H3,(H,27,29)/t19-,22?/m0/s1. The third-order valence-corrected chi connectivity index (χ3v) is 5.88. The molecule has 2 aliphatic rings. The van der Waals surface area contributed by atoms with Gasteiger partial charge in [0.2, 0.25) is 5.79 Å². The number of benzene rings is 1. The zero-order chi connectivity index (χ0) is 23.7. The van der Waals surface area contributed by atoms with Gasteiger partial charge >= 0.3 is 6.09 Å². The lowest BCUT2D eigenvalue weighted by Crippen LogP contribution is -2.48. The van der Waals surface area contributed by atoms with E-state index in [1.165, 1.54) is 0 Å². The number of ether oxygens (including phenoxy) is 3. The van der Waals surface area contributed by atoms with E-state index in [-0.39, 0.29) is 5.41 Å². The van der Waals surface area contributed by atoms with Gasteiger partial charge in [-0.05, 0) is 45.2 Å². The lowest BCUT2D eigenvalue weighted by atomic mass is 9.94. The number of aryl methyl sites for hydroxylation is 1. The SMILES string of the molecule is CCCC[C@H](NC(=O)OC(C)(C)C)C(O)C1=C(c2ccccc2C)C12OCC(C)(C)CO2. The van der Waals surface area contributed by atoms with Crippen molar-refractivity contribution in [3.05, 3.63) is 41.0 Å². The molecule has 1 aliphatic carbocycles. The second kappa shape index (κ2) is 9.16. The molecule has 6 nitrogen and oxygen atoms in total. The van der Waals surface area contributed by atoms with Gasteiger partial charge in [0.25, 0.3) is 0 Å². The Morgan fingerprint density at radius 2 is 1.84 bits per heavy atom. The fourth-order valence-electron chi connectivity index (χ4n) is 4.15. The fourth-order valence-corrected chi connectivity index (χ4v) is 4.15. The second-order valence-electron chi connectivity index (χ2n) is 10.8. The summed E-state index contributed by atoms with van der Waals surface area (Å²) in [6, 6.07) is 7.54. The molecule has 0 bridgehead atoms. The van der Waals surface area contributed by atoms with Gasteiger partial charge in [-0.2, -0.15) is 0 Å². The maximum atomic E-state index is 12.5. The number of aliphatic hydroxyl groups is 1. The van der Waals surface area contributed by atoms with Gasteiger partial charge in [-0.15, -0.1) is 0 Å². The number of unbranched alkanes of at least 4 members (excludes halogenated alkanes) is 1. The van der Waals surface area contributed by atoms with E-state index >= 15 is 0 Å². The average molecular weight is 446 g/mol. The van der Waals surface area contributed by atoms with Crippen LogP contribution in [0.25, 0.3) is 5.57 Å². The Morgan fingerprint density at radius 1 is 1.22 bits per heavy atom. The van der Waals surface area contributed by atoms with Crippen LogP contribution in [-0.4, -0.2) is 47.9 Å². The van der Waals surface area contributed by atoms with E-state index in [4.69, 9.17) is 14.2 Å². The van der Waals surface area contributed by atoms with Gasteiger partial charge in [0, 0.05) is 16.6 Å². The predicted octanol–water partition coefficient (Wildman–Crippen LogP) is 4.98. The van der Waals surface area contributed by atoms with Crippen molar-refractivity contribution in [2.45, 2.75) is 91.3 Å². The monoisotopic (exact) mass is 445 g/mol. The molecule has 1 amide bonds. The molecule has 1 fully saturated rings. The van der Waals surface area contributed by atoms with E-state index in [9.17, 15) is 9.90 Å².